The zero-order chi connectivity index (χ0) is 15.7. The summed E-state index contributed by atoms with van der Waals surface area (Å²) in [5.41, 5.74) is 9.75. The second-order valence-electron chi connectivity index (χ2n) is 5.08. The van der Waals surface area contributed by atoms with Gasteiger partial charge in [0.25, 0.3) is 0 Å². The molecule has 0 spiro atoms. The molecule has 0 radical (unpaired) electrons. The molecule has 118 valence electrons. The van der Waals surface area contributed by atoms with Crippen LogP contribution in [-0.4, -0.2) is 37.0 Å². The maximum Gasteiger partial charge on any atom is 0.193 e. The van der Waals surface area contributed by atoms with E-state index in [9.17, 15) is 0 Å². The van der Waals surface area contributed by atoms with E-state index >= 15 is 0 Å². The van der Waals surface area contributed by atoms with Gasteiger partial charge in [-0.25, -0.2) is 0 Å². The first kappa shape index (κ1) is 17.5. The molecule has 0 aromatic heterocycles. The third-order valence-electron chi connectivity index (χ3n) is 3.84. The number of benzene rings is 1. The molecular weight excluding hydrogens is 260 g/mol. The fourth-order valence-corrected chi connectivity index (χ4v) is 2.42. The molecule has 0 heterocycles. The molecule has 4 nitrogen and oxygen atoms in total. The summed E-state index contributed by atoms with van der Waals surface area (Å²) in [6.45, 7) is 12.4. The van der Waals surface area contributed by atoms with Crippen LogP contribution >= 0.6 is 0 Å². The molecule has 1 aromatic rings. The monoisotopic (exact) mass is 290 g/mol. The molecule has 0 aliphatic heterocycles. The van der Waals surface area contributed by atoms with Crippen LogP contribution in [0, 0.1) is 0 Å². The number of hydrogen-bond acceptors (Lipinski definition) is 2. The molecule has 0 fully saturated rings. The van der Waals surface area contributed by atoms with Crippen molar-refractivity contribution in [2.24, 2.45) is 10.7 Å². The Morgan fingerprint density at radius 3 is 2.14 bits per heavy atom. The zero-order valence-electron chi connectivity index (χ0n) is 13.9. The van der Waals surface area contributed by atoms with Crippen molar-refractivity contribution < 1.29 is 0 Å². The van der Waals surface area contributed by atoms with Crippen LogP contribution in [0.2, 0.25) is 0 Å². The van der Waals surface area contributed by atoms with Gasteiger partial charge in [-0.15, -0.1) is 0 Å². The number of nitrogens with two attached hydrogens (primary N) is 1. The van der Waals surface area contributed by atoms with E-state index in [-0.39, 0.29) is 0 Å². The minimum absolute atomic E-state index is 0.512. The summed E-state index contributed by atoms with van der Waals surface area (Å²) in [7, 11) is 0. The van der Waals surface area contributed by atoms with Crippen LogP contribution in [0.5, 0.6) is 0 Å². The van der Waals surface area contributed by atoms with E-state index in [4.69, 9.17) is 5.73 Å². The standard InChI is InChI=1S/C17H30N4/c1-5-14-10-9-11-15(6-2)16(14)20-17(18)19-12-13-21(7-3)8-4/h9-11H,5-8,12-13H2,1-4H3,(H3,18,19,20). The maximum absolute atomic E-state index is 6.04. The molecule has 0 atom stereocenters. The van der Waals surface area contributed by atoms with E-state index in [0.717, 1.165) is 44.7 Å². The van der Waals surface area contributed by atoms with Gasteiger partial charge in [-0.3, -0.25) is 4.99 Å². The Hall–Kier alpha value is -1.55. The maximum atomic E-state index is 6.04. The van der Waals surface area contributed by atoms with Crippen molar-refractivity contribution >= 4 is 11.6 Å². The first-order valence-electron chi connectivity index (χ1n) is 8.06. The molecule has 1 aromatic carbocycles. The summed E-state index contributed by atoms with van der Waals surface area (Å²) in [6, 6.07) is 6.39. The fourth-order valence-electron chi connectivity index (χ4n) is 2.42. The molecule has 0 amide bonds. The lowest BCUT2D eigenvalue weighted by molar-refractivity contribution is 0.313. The van der Waals surface area contributed by atoms with Gasteiger partial charge in [-0.05, 0) is 37.1 Å². The number of anilines is 1. The number of nitrogens with one attached hydrogen (secondary N) is 1. The van der Waals surface area contributed by atoms with Crippen molar-refractivity contribution in [3.63, 3.8) is 0 Å². The molecular formula is C17H30N4. The molecule has 0 unspecified atom stereocenters. The van der Waals surface area contributed by atoms with Crippen LogP contribution in [-0.2, 0) is 12.8 Å². The number of rotatable bonds is 8. The SMILES string of the molecule is CCc1cccc(CC)c1NC(N)=NCCN(CC)CC. The fraction of sp³-hybridized carbons (Fsp3) is 0.588. The minimum atomic E-state index is 0.512. The van der Waals surface area contributed by atoms with Crippen molar-refractivity contribution in [2.75, 3.05) is 31.5 Å². The Morgan fingerprint density at radius 1 is 1.10 bits per heavy atom. The molecule has 3 N–H and O–H groups in total. The smallest absolute Gasteiger partial charge is 0.193 e. The van der Waals surface area contributed by atoms with Gasteiger partial charge in [0.2, 0.25) is 0 Å². The second kappa shape index (κ2) is 9.40. The Balaban J connectivity index is 2.71. The van der Waals surface area contributed by atoms with E-state index in [0.29, 0.717) is 5.96 Å². The Kier molecular flexibility index (Phi) is 7.83. The molecule has 1 rings (SSSR count). The Bertz CT molecular complexity index is 428. The summed E-state index contributed by atoms with van der Waals surface area (Å²) >= 11 is 0. The summed E-state index contributed by atoms with van der Waals surface area (Å²) in [4.78, 5) is 6.79. The molecule has 21 heavy (non-hydrogen) atoms. The van der Waals surface area contributed by atoms with Crippen molar-refractivity contribution in [1.82, 2.24) is 4.90 Å². The van der Waals surface area contributed by atoms with Crippen molar-refractivity contribution in [1.29, 1.82) is 0 Å². The highest BCUT2D eigenvalue weighted by Gasteiger charge is 2.07. The highest BCUT2D eigenvalue weighted by molar-refractivity contribution is 5.93. The number of aliphatic imine (C=N–C) groups is 1. The zero-order valence-corrected chi connectivity index (χ0v) is 13.9. The number of guanidine groups is 1. The predicted molar refractivity (Wildman–Crippen MR) is 93.1 cm³/mol. The van der Waals surface area contributed by atoms with Crippen LogP contribution in [0.15, 0.2) is 23.2 Å². The van der Waals surface area contributed by atoms with Gasteiger partial charge in [0, 0.05) is 12.2 Å². The minimum Gasteiger partial charge on any atom is -0.370 e. The molecule has 0 saturated heterocycles. The highest BCUT2D eigenvalue weighted by Crippen LogP contribution is 2.22. The van der Waals surface area contributed by atoms with Gasteiger partial charge < -0.3 is 16.0 Å². The number of aryl methyl sites for hydroxylation is 2. The normalized spacial score (nSPS) is 12.0. The quantitative estimate of drug-likeness (QED) is 0.572. The molecule has 0 aliphatic rings. The van der Waals surface area contributed by atoms with Gasteiger partial charge in [0.15, 0.2) is 5.96 Å². The van der Waals surface area contributed by atoms with Crippen LogP contribution in [0.25, 0.3) is 0 Å². The second-order valence-corrected chi connectivity index (χ2v) is 5.08. The van der Waals surface area contributed by atoms with Crippen molar-refractivity contribution in [3.8, 4) is 0 Å². The van der Waals surface area contributed by atoms with E-state index < -0.39 is 0 Å². The Labute approximate surface area is 129 Å². The molecule has 4 heteroatoms. The number of likely N-dealkylation sites (N-methyl/N-ethyl adjacent to an activating group) is 1. The number of hydrogen-bond donors (Lipinski definition) is 2. The number of nitrogens with zero attached hydrogens (tertiary/aromatic N) is 2. The molecule has 0 bridgehead atoms. The molecule has 0 saturated carbocycles. The van der Waals surface area contributed by atoms with Gasteiger partial charge >= 0.3 is 0 Å². The predicted octanol–water partition coefficient (Wildman–Crippen LogP) is 2.88. The van der Waals surface area contributed by atoms with Crippen LogP contribution in [0.1, 0.15) is 38.8 Å². The summed E-state index contributed by atoms with van der Waals surface area (Å²) in [5, 5.41) is 3.30. The number of para-hydroxylation sites is 1. The lowest BCUT2D eigenvalue weighted by Crippen LogP contribution is -2.28. The lowest BCUT2D eigenvalue weighted by Gasteiger charge is -2.17. The van der Waals surface area contributed by atoms with Gasteiger partial charge in [0.1, 0.15) is 0 Å². The van der Waals surface area contributed by atoms with E-state index in [1.165, 1.54) is 11.1 Å². The summed E-state index contributed by atoms with van der Waals surface area (Å²) in [5.74, 6) is 0.512. The van der Waals surface area contributed by atoms with E-state index in [2.05, 4.69) is 61.1 Å². The molecule has 0 aliphatic carbocycles. The van der Waals surface area contributed by atoms with E-state index in [1.807, 2.05) is 0 Å². The average Bonchev–Trinajstić information content (AvgIpc) is 2.51. The highest BCUT2D eigenvalue weighted by atomic mass is 15.1. The Morgan fingerprint density at radius 2 is 1.67 bits per heavy atom. The van der Waals surface area contributed by atoms with Crippen LogP contribution in [0.3, 0.4) is 0 Å². The average molecular weight is 290 g/mol. The van der Waals surface area contributed by atoms with Crippen molar-refractivity contribution in [2.45, 2.75) is 40.5 Å². The van der Waals surface area contributed by atoms with Crippen LogP contribution in [0.4, 0.5) is 5.69 Å². The largest absolute Gasteiger partial charge is 0.370 e. The lowest BCUT2D eigenvalue weighted by atomic mass is 10.0. The topological polar surface area (TPSA) is 53.6 Å². The third kappa shape index (κ3) is 5.38. The van der Waals surface area contributed by atoms with Gasteiger partial charge in [-0.2, -0.15) is 0 Å². The van der Waals surface area contributed by atoms with E-state index in [1.54, 1.807) is 0 Å². The van der Waals surface area contributed by atoms with Crippen molar-refractivity contribution in [3.05, 3.63) is 29.3 Å². The van der Waals surface area contributed by atoms with Gasteiger partial charge in [0.05, 0.1) is 6.54 Å². The summed E-state index contributed by atoms with van der Waals surface area (Å²) in [6.07, 6.45) is 1.98. The van der Waals surface area contributed by atoms with Crippen LogP contribution < -0.4 is 11.1 Å². The summed E-state index contributed by atoms with van der Waals surface area (Å²) < 4.78 is 0. The first-order valence-corrected chi connectivity index (χ1v) is 8.06. The van der Waals surface area contributed by atoms with Gasteiger partial charge in [-0.1, -0.05) is 45.9 Å². The first-order chi connectivity index (χ1) is 10.2. The third-order valence-corrected chi connectivity index (χ3v) is 3.84.